The molecule has 0 aliphatic rings. The van der Waals surface area contributed by atoms with Gasteiger partial charge in [-0.1, -0.05) is 135 Å². The number of fused-ring (bicyclic) bond motifs is 1. The highest BCUT2D eigenvalue weighted by atomic mass is 35.5. The topological polar surface area (TPSA) is 22.1 Å². The largest absolute Gasteiger partial charge is 0.377 e. The predicted octanol–water partition coefficient (Wildman–Crippen LogP) is 12.3. The Hall–Kier alpha value is -2.94. The molecule has 0 N–H and O–H groups in total. The van der Waals surface area contributed by atoms with Crippen LogP contribution in [0.15, 0.2) is 91.1 Å². The van der Waals surface area contributed by atoms with E-state index in [0.29, 0.717) is 10.9 Å². The number of rotatable bonds is 10. The molecule has 2 aromatic carbocycles. The normalized spacial score (nSPS) is 11.8. The third-order valence-corrected chi connectivity index (χ3v) is 6.06. The molecule has 0 saturated heterocycles. The summed E-state index contributed by atoms with van der Waals surface area (Å²) in [5.74, 6) is 0.421. The standard InChI is InChI=1S/C30H32ClNO.C3H8.2C2H6/c1-6-23(28(7-2)21(3)4)14-18-30(33-5)25-10-8-9-22(19-25)11-16-27-17-13-24-12-15-26(31)20-29(24)32-27;1-3-2;2*1-2/h6-13,15-17,19-21,30H,1-2,14,18H2,3-5H3;3H2,1-2H3;2*1-2H3/b16-11+,28-23-;;;. The number of benzene rings is 2. The first-order valence-corrected chi connectivity index (χ1v) is 15.1. The number of ether oxygens (including phenoxy) is 1. The maximum absolute atomic E-state index is 6.12. The predicted molar refractivity (Wildman–Crippen MR) is 182 cm³/mol. The summed E-state index contributed by atoms with van der Waals surface area (Å²) in [4.78, 5) is 4.70. The summed E-state index contributed by atoms with van der Waals surface area (Å²) in [5.41, 5.74) is 6.54. The van der Waals surface area contributed by atoms with Gasteiger partial charge in [0.1, 0.15) is 0 Å². The van der Waals surface area contributed by atoms with E-state index in [1.165, 1.54) is 17.6 Å². The van der Waals surface area contributed by atoms with Crippen LogP contribution in [0.25, 0.3) is 23.1 Å². The first-order valence-electron chi connectivity index (χ1n) is 14.7. The molecule has 218 valence electrons. The number of nitrogens with zero attached hydrogens (tertiary/aromatic N) is 1. The highest BCUT2D eigenvalue weighted by Crippen LogP contribution is 2.28. The number of halogens is 1. The van der Waals surface area contributed by atoms with Gasteiger partial charge in [-0.3, -0.25) is 0 Å². The lowest BCUT2D eigenvalue weighted by Crippen LogP contribution is -2.04. The van der Waals surface area contributed by atoms with Crippen LogP contribution in [0.5, 0.6) is 0 Å². The van der Waals surface area contributed by atoms with Crippen LogP contribution in [-0.4, -0.2) is 12.1 Å². The molecular formula is C37H52ClNO. The summed E-state index contributed by atoms with van der Waals surface area (Å²) in [6.45, 7) is 24.6. The molecule has 0 saturated carbocycles. The lowest BCUT2D eigenvalue weighted by Gasteiger charge is -2.18. The third kappa shape index (κ3) is 12.5. The van der Waals surface area contributed by atoms with Gasteiger partial charge in [-0.2, -0.15) is 0 Å². The van der Waals surface area contributed by atoms with E-state index in [1.807, 2.05) is 70.2 Å². The van der Waals surface area contributed by atoms with E-state index < -0.39 is 0 Å². The van der Waals surface area contributed by atoms with E-state index in [9.17, 15) is 0 Å². The Balaban J connectivity index is 0.00000199. The lowest BCUT2D eigenvalue weighted by molar-refractivity contribution is 0.0960. The highest BCUT2D eigenvalue weighted by molar-refractivity contribution is 6.31. The quantitative estimate of drug-likeness (QED) is 0.229. The van der Waals surface area contributed by atoms with Gasteiger partial charge in [0, 0.05) is 17.5 Å². The Kier molecular flexibility index (Phi) is 20.2. The molecule has 3 aromatic rings. The van der Waals surface area contributed by atoms with Crippen molar-refractivity contribution in [2.45, 2.75) is 80.8 Å². The fraction of sp³-hybridized carbons (Fsp3) is 0.378. The van der Waals surface area contributed by atoms with Gasteiger partial charge in [-0.15, -0.1) is 0 Å². The summed E-state index contributed by atoms with van der Waals surface area (Å²) in [7, 11) is 1.77. The molecule has 0 amide bonds. The van der Waals surface area contributed by atoms with Crippen molar-refractivity contribution in [3.8, 4) is 0 Å². The summed E-state index contributed by atoms with van der Waals surface area (Å²) in [6.07, 6.45) is 11.0. The third-order valence-electron chi connectivity index (χ3n) is 5.82. The second-order valence-electron chi connectivity index (χ2n) is 9.09. The van der Waals surface area contributed by atoms with Crippen LogP contribution in [0.2, 0.25) is 5.02 Å². The molecule has 1 unspecified atom stereocenters. The number of pyridine rings is 1. The van der Waals surface area contributed by atoms with Crippen LogP contribution < -0.4 is 0 Å². The summed E-state index contributed by atoms with van der Waals surface area (Å²) in [5, 5.41) is 1.77. The zero-order valence-electron chi connectivity index (χ0n) is 26.4. The molecule has 2 nitrogen and oxygen atoms in total. The Bertz CT molecular complexity index is 1210. The first-order chi connectivity index (χ1) is 19.4. The molecule has 0 spiro atoms. The van der Waals surface area contributed by atoms with Gasteiger partial charge < -0.3 is 4.74 Å². The van der Waals surface area contributed by atoms with E-state index in [0.717, 1.165) is 40.6 Å². The maximum Gasteiger partial charge on any atom is 0.0824 e. The fourth-order valence-electron chi connectivity index (χ4n) is 4.05. The minimum atomic E-state index is 0.00691. The van der Waals surface area contributed by atoms with Gasteiger partial charge >= 0.3 is 0 Å². The molecular weight excluding hydrogens is 510 g/mol. The summed E-state index contributed by atoms with van der Waals surface area (Å²) < 4.78 is 5.85. The summed E-state index contributed by atoms with van der Waals surface area (Å²) in [6, 6.07) is 18.3. The Labute approximate surface area is 250 Å². The average Bonchev–Trinajstić information content (AvgIpc) is 2.98. The molecule has 1 aromatic heterocycles. The van der Waals surface area contributed by atoms with E-state index >= 15 is 0 Å². The number of aromatic nitrogens is 1. The smallest absolute Gasteiger partial charge is 0.0824 e. The second kappa shape index (κ2) is 21.8. The number of allylic oxidation sites excluding steroid dienone is 4. The molecule has 0 bridgehead atoms. The van der Waals surface area contributed by atoms with Crippen molar-refractivity contribution in [1.82, 2.24) is 4.98 Å². The fourth-order valence-corrected chi connectivity index (χ4v) is 4.22. The average molecular weight is 562 g/mol. The Morgan fingerprint density at radius 3 is 2.15 bits per heavy atom. The van der Waals surface area contributed by atoms with Crippen molar-refractivity contribution in [3.05, 3.63) is 113 Å². The minimum absolute atomic E-state index is 0.00691. The molecule has 0 aliphatic heterocycles. The van der Waals surface area contributed by atoms with Crippen molar-refractivity contribution in [3.63, 3.8) is 0 Å². The van der Waals surface area contributed by atoms with Crippen molar-refractivity contribution in [1.29, 1.82) is 0 Å². The second-order valence-corrected chi connectivity index (χ2v) is 9.53. The van der Waals surface area contributed by atoms with Crippen LogP contribution in [0.4, 0.5) is 0 Å². The molecule has 3 rings (SSSR count). The van der Waals surface area contributed by atoms with E-state index in [-0.39, 0.29) is 6.10 Å². The zero-order valence-corrected chi connectivity index (χ0v) is 27.2. The van der Waals surface area contributed by atoms with Crippen LogP contribution in [0.1, 0.15) is 97.6 Å². The first kappa shape index (κ1) is 37.1. The molecule has 0 fully saturated rings. The van der Waals surface area contributed by atoms with Gasteiger partial charge in [0.2, 0.25) is 0 Å². The van der Waals surface area contributed by atoms with Crippen LogP contribution >= 0.6 is 11.6 Å². The monoisotopic (exact) mass is 561 g/mol. The maximum atomic E-state index is 6.12. The van der Waals surface area contributed by atoms with Crippen molar-refractivity contribution < 1.29 is 4.74 Å². The van der Waals surface area contributed by atoms with Crippen molar-refractivity contribution in [2.24, 2.45) is 5.92 Å². The number of hydrogen-bond donors (Lipinski definition) is 0. The molecule has 0 aliphatic carbocycles. The lowest BCUT2D eigenvalue weighted by atomic mass is 9.92. The Morgan fingerprint density at radius 2 is 1.57 bits per heavy atom. The van der Waals surface area contributed by atoms with Gasteiger partial charge in [0.05, 0.1) is 17.3 Å². The van der Waals surface area contributed by atoms with E-state index in [4.69, 9.17) is 21.3 Å². The van der Waals surface area contributed by atoms with Gasteiger partial charge in [-0.05, 0) is 71.4 Å². The molecule has 40 heavy (non-hydrogen) atoms. The van der Waals surface area contributed by atoms with Crippen molar-refractivity contribution in [2.75, 3.05) is 7.11 Å². The number of hydrogen-bond acceptors (Lipinski definition) is 2. The SMILES string of the molecule is C=C/C(CCC(OC)c1cccc(/C=C/c2ccc3ccc(Cl)cc3n2)c1)=C(\C=C)C(C)C.CC.CC.CCC. The zero-order chi connectivity index (χ0) is 30.5. The minimum Gasteiger partial charge on any atom is -0.377 e. The number of methoxy groups -OCH3 is 1. The van der Waals surface area contributed by atoms with Crippen LogP contribution in [-0.2, 0) is 4.74 Å². The Morgan fingerprint density at radius 1 is 0.925 bits per heavy atom. The van der Waals surface area contributed by atoms with Crippen LogP contribution in [0.3, 0.4) is 0 Å². The van der Waals surface area contributed by atoms with Gasteiger partial charge in [0.15, 0.2) is 0 Å². The molecule has 3 heteroatoms. The van der Waals surface area contributed by atoms with Gasteiger partial charge in [0.25, 0.3) is 0 Å². The molecule has 0 radical (unpaired) electrons. The van der Waals surface area contributed by atoms with Crippen molar-refractivity contribution >= 4 is 34.7 Å². The molecule has 1 atom stereocenters. The van der Waals surface area contributed by atoms with Gasteiger partial charge in [-0.25, -0.2) is 4.98 Å². The van der Waals surface area contributed by atoms with Crippen LogP contribution in [0, 0.1) is 5.92 Å². The van der Waals surface area contributed by atoms with E-state index in [2.05, 4.69) is 77.3 Å². The highest BCUT2D eigenvalue weighted by Gasteiger charge is 2.13. The summed E-state index contributed by atoms with van der Waals surface area (Å²) >= 11 is 6.12. The molecule has 1 heterocycles. The van der Waals surface area contributed by atoms with E-state index in [1.54, 1.807) is 7.11 Å².